The van der Waals surface area contributed by atoms with Gasteiger partial charge in [0.25, 0.3) is 0 Å². The van der Waals surface area contributed by atoms with E-state index in [0.717, 1.165) is 11.3 Å². The van der Waals surface area contributed by atoms with Gasteiger partial charge in [0.15, 0.2) is 5.82 Å². The van der Waals surface area contributed by atoms with Crippen molar-refractivity contribution < 1.29 is 14.3 Å². The molecule has 3 aromatic carbocycles. The lowest BCUT2D eigenvalue weighted by Crippen LogP contribution is -2.17. The van der Waals surface area contributed by atoms with Crippen LogP contribution in [0.2, 0.25) is 5.02 Å². The predicted molar refractivity (Wildman–Crippen MR) is 127 cm³/mol. The van der Waals surface area contributed by atoms with Crippen molar-refractivity contribution in [2.75, 3.05) is 5.32 Å². The number of aryl methyl sites for hydroxylation is 1. The minimum absolute atomic E-state index is 0.0213. The number of phenols is 1. The van der Waals surface area contributed by atoms with Gasteiger partial charge in [0.1, 0.15) is 23.4 Å². The van der Waals surface area contributed by atoms with Crippen molar-refractivity contribution in [3.8, 4) is 11.4 Å². The number of carbonyl (C=O) groups is 1. The topological polar surface area (TPSA) is 92.4 Å². The van der Waals surface area contributed by atoms with Gasteiger partial charge in [-0.25, -0.2) is 4.39 Å². The number of rotatable bonds is 4. The second kappa shape index (κ2) is 8.72. The number of benzene rings is 3. The number of anilines is 1. The molecule has 7 nitrogen and oxygen atoms in total. The summed E-state index contributed by atoms with van der Waals surface area (Å²) in [6.45, 7) is 1.82. The molecular weight excluding hydrogens is 457 g/mol. The smallest absolute Gasteiger partial charge is 0.227 e. The number of carbonyl (C=O) groups excluding carboxylic acids is 1. The molecule has 1 amide bonds. The van der Waals surface area contributed by atoms with Crippen molar-refractivity contribution >= 4 is 28.9 Å². The fraction of sp³-hybridized carbons (Fsp3) is 0.120. The zero-order valence-electron chi connectivity index (χ0n) is 18.0. The van der Waals surface area contributed by atoms with Crippen molar-refractivity contribution in [1.29, 1.82) is 0 Å². The number of aromatic hydroxyl groups is 1. The van der Waals surface area contributed by atoms with Gasteiger partial charge in [0.05, 0.1) is 17.8 Å². The molecule has 34 heavy (non-hydrogen) atoms. The lowest BCUT2D eigenvalue weighted by atomic mass is 10.00. The summed E-state index contributed by atoms with van der Waals surface area (Å²) >= 11 is 6.09. The molecular formula is C25H19ClFN5O2. The van der Waals surface area contributed by atoms with E-state index in [9.17, 15) is 14.3 Å². The Labute approximate surface area is 199 Å². The van der Waals surface area contributed by atoms with Crippen LogP contribution in [-0.2, 0) is 4.79 Å². The number of nitrogens with zero attached hydrogens (tertiary/aromatic N) is 4. The van der Waals surface area contributed by atoms with Gasteiger partial charge in [-0.15, -0.1) is 10.2 Å². The molecule has 0 unspecified atom stereocenters. The average molecular weight is 476 g/mol. The van der Waals surface area contributed by atoms with E-state index in [1.165, 1.54) is 24.3 Å². The molecule has 2 heterocycles. The van der Waals surface area contributed by atoms with Crippen molar-refractivity contribution in [3.05, 3.63) is 100 Å². The quantitative estimate of drug-likeness (QED) is 0.434. The Hall–Kier alpha value is -4.04. The number of phenolic OH excluding ortho intramolecular Hbond substituents is 1. The van der Waals surface area contributed by atoms with Gasteiger partial charge in [-0.3, -0.25) is 14.4 Å². The van der Waals surface area contributed by atoms with Gasteiger partial charge in [0, 0.05) is 21.8 Å². The summed E-state index contributed by atoms with van der Waals surface area (Å²) in [4.78, 5) is 17.8. The van der Waals surface area contributed by atoms with E-state index in [1.54, 1.807) is 30.3 Å². The Bertz CT molecular complexity index is 1410. The molecule has 0 aliphatic carbocycles. The van der Waals surface area contributed by atoms with Crippen molar-refractivity contribution in [3.63, 3.8) is 0 Å². The van der Waals surface area contributed by atoms with Crippen molar-refractivity contribution in [1.82, 2.24) is 14.8 Å². The molecule has 2 N–H and O–H groups in total. The Kier molecular flexibility index (Phi) is 5.59. The van der Waals surface area contributed by atoms with Crippen LogP contribution in [0.5, 0.6) is 5.75 Å². The molecule has 1 aliphatic heterocycles. The number of aromatic nitrogens is 3. The summed E-state index contributed by atoms with van der Waals surface area (Å²) < 4.78 is 15.1. The van der Waals surface area contributed by atoms with Crippen LogP contribution in [0, 0.1) is 12.7 Å². The number of hydrogen-bond acceptors (Lipinski definition) is 5. The maximum absolute atomic E-state index is 13.2. The van der Waals surface area contributed by atoms with Crippen LogP contribution in [0.25, 0.3) is 5.69 Å². The van der Waals surface area contributed by atoms with Crippen LogP contribution in [0.3, 0.4) is 0 Å². The highest BCUT2D eigenvalue weighted by Crippen LogP contribution is 2.34. The van der Waals surface area contributed by atoms with Gasteiger partial charge in [-0.05, 0) is 61.5 Å². The Morgan fingerprint density at radius 1 is 1.09 bits per heavy atom. The molecule has 0 radical (unpaired) electrons. The SMILES string of the molecule is Cc1nnc2n1-c1ccc(O)cc1C(c1ccc(Cl)cc1)=N[C@H]2CC(=O)Nc1ccc(F)cc1. The number of aliphatic imine (C=N–C) groups is 1. The van der Waals surface area contributed by atoms with E-state index >= 15 is 0 Å². The summed E-state index contributed by atoms with van der Waals surface area (Å²) in [7, 11) is 0. The molecule has 4 aromatic rings. The maximum Gasteiger partial charge on any atom is 0.227 e. The fourth-order valence-electron chi connectivity index (χ4n) is 3.98. The summed E-state index contributed by atoms with van der Waals surface area (Å²) in [6, 6.07) is 17.1. The standard InChI is InChI=1S/C25H19ClFN5O2/c1-14-30-31-25-21(13-23(34)28-18-8-6-17(27)7-9-18)29-24(15-2-4-16(26)5-3-15)20-12-19(33)10-11-22(20)32(14)25/h2-12,21,33H,13H2,1H3,(H,28,34)/t21-/m0/s1. The Morgan fingerprint density at radius 2 is 1.82 bits per heavy atom. The number of halogens is 2. The summed E-state index contributed by atoms with van der Waals surface area (Å²) in [5, 5.41) is 22.1. The van der Waals surface area contributed by atoms with Crippen molar-refractivity contribution in [2.45, 2.75) is 19.4 Å². The van der Waals surface area contributed by atoms with Gasteiger partial charge in [-0.1, -0.05) is 23.7 Å². The van der Waals surface area contributed by atoms with Crippen molar-refractivity contribution in [2.24, 2.45) is 4.99 Å². The van der Waals surface area contributed by atoms with Crippen LogP contribution in [0.1, 0.15) is 35.2 Å². The number of amides is 1. The van der Waals surface area contributed by atoms with Crippen LogP contribution in [0.15, 0.2) is 71.7 Å². The highest BCUT2D eigenvalue weighted by molar-refractivity contribution is 6.30. The first-order chi connectivity index (χ1) is 16.4. The minimum atomic E-state index is -0.665. The first-order valence-electron chi connectivity index (χ1n) is 10.5. The Balaban J connectivity index is 1.60. The summed E-state index contributed by atoms with van der Waals surface area (Å²) in [5.41, 5.74) is 3.26. The molecule has 9 heteroatoms. The van der Waals surface area contributed by atoms with Crippen LogP contribution < -0.4 is 5.32 Å². The highest BCUT2D eigenvalue weighted by atomic mass is 35.5. The van der Waals surface area contributed by atoms with E-state index in [1.807, 2.05) is 23.6 Å². The first-order valence-corrected chi connectivity index (χ1v) is 10.9. The third-order valence-corrected chi connectivity index (χ3v) is 5.79. The predicted octanol–water partition coefficient (Wildman–Crippen LogP) is 4.99. The van der Waals surface area contributed by atoms with Crippen LogP contribution in [0.4, 0.5) is 10.1 Å². The largest absolute Gasteiger partial charge is 0.508 e. The molecule has 0 saturated heterocycles. The van der Waals surface area contributed by atoms with E-state index in [0.29, 0.717) is 33.6 Å². The first kappa shape index (κ1) is 21.8. The highest BCUT2D eigenvalue weighted by Gasteiger charge is 2.30. The second-order valence-electron chi connectivity index (χ2n) is 7.90. The van der Waals surface area contributed by atoms with E-state index in [2.05, 4.69) is 15.5 Å². The molecule has 1 aromatic heterocycles. The Morgan fingerprint density at radius 3 is 2.56 bits per heavy atom. The van der Waals surface area contributed by atoms with Gasteiger partial charge in [0.2, 0.25) is 5.91 Å². The zero-order valence-corrected chi connectivity index (χ0v) is 18.8. The van der Waals surface area contributed by atoms with E-state index < -0.39 is 6.04 Å². The van der Waals surface area contributed by atoms with Crippen LogP contribution >= 0.6 is 11.6 Å². The van der Waals surface area contributed by atoms with Gasteiger partial charge < -0.3 is 10.4 Å². The van der Waals surface area contributed by atoms with Crippen LogP contribution in [-0.4, -0.2) is 31.5 Å². The van der Waals surface area contributed by atoms with Gasteiger partial charge in [-0.2, -0.15) is 0 Å². The monoisotopic (exact) mass is 475 g/mol. The molecule has 0 spiro atoms. The van der Waals surface area contributed by atoms with Gasteiger partial charge >= 0.3 is 0 Å². The summed E-state index contributed by atoms with van der Waals surface area (Å²) in [6.07, 6.45) is -0.0213. The lowest BCUT2D eigenvalue weighted by molar-refractivity contribution is -0.116. The minimum Gasteiger partial charge on any atom is -0.508 e. The van der Waals surface area contributed by atoms with E-state index in [4.69, 9.17) is 16.6 Å². The lowest BCUT2D eigenvalue weighted by Gasteiger charge is -2.13. The second-order valence-corrected chi connectivity index (χ2v) is 8.34. The molecule has 170 valence electrons. The molecule has 0 saturated carbocycles. The fourth-order valence-corrected chi connectivity index (χ4v) is 4.11. The number of hydrogen-bond donors (Lipinski definition) is 2. The molecule has 1 aliphatic rings. The third kappa shape index (κ3) is 4.15. The molecule has 0 bridgehead atoms. The zero-order chi connectivity index (χ0) is 23.8. The molecule has 0 fully saturated rings. The number of fused-ring (bicyclic) bond motifs is 3. The molecule has 5 rings (SSSR count). The normalized spacial score (nSPS) is 14.6. The van der Waals surface area contributed by atoms with E-state index in [-0.39, 0.29) is 23.9 Å². The maximum atomic E-state index is 13.2. The molecule has 1 atom stereocenters. The summed E-state index contributed by atoms with van der Waals surface area (Å²) in [5.74, 6) is 0.515. The third-order valence-electron chi connectivity index (χ3n) is 5.53. The average Bonchev–Trinajstić information content (AvgIpc) is 3.14. The number of nitrogens with one attached hydrogen (secondary N) is 1.